The summed E-state index contributed by atoms with van der Waals surface area (Å²) in [5.41, 5.74) is 6.34. The molecule has 1 heterocycles. The lowest BCUT2D eigenvalue weighted by Gasteiger charge is -2.13. The van der Waals surface area contributed by atoms with Crippen LogP contribution in [-0.4, -0.2) is 23.4 Å². The van der Waals surface area contributed by atoms with Crippen LogP contribution in [-0.2, 0) is 0 Å². The molecule has 0 unspecified atom stereocenters. The lowest BCUT2D eigenvalue weighted by atomic mass is 10.2. The minimum absolute atomic E-state index is 0.386. The van der Waals surface area contributed by atoms with Gasteiger partial charge in [-0.05, 0) is 38.1 Å². The Morgan fingerprint density at radius 2 is 1.75 bits per heavy atom. The number of nitrogens with one attached hydrogen (secondary N) is 1. The standard InChI is InChI=1S/C14H18N4O2/c1-3-19-11-6-5-10(9-12(11)20-4-2)16-14-8-7-13(15)17-18-14/h5-9H,3-4H2,1-2H3,(H2,15,17)(H,16,18). The largest absolute Gasteiger partial charge is 0.490 e. The zero-order chi connectivity index (χ0) is 14.4. The maximum absolute atomic E-state index is 5.57. The van der Waals surface area contributed by atoms with Crippen molar-refractivity contribution in [1.29, 1.82) is 0 Å². The zero-order valence-corrected chi connectivity index (χ0v) is 11.6. The molecular formula is C14H18N4O2. The van der Waals surface area contributed by atoms with Crippen molar-refractivity contribution < 1.29 is 9.47 Å². The highest BCUT2D eigenvalue weighted by atomic mass is 16.5. The summed E-state index contributed by atoms with van der Waals surface area (Å²) in [6, 6.07) is 9.08. The molecule has 1 aromatic heterocycles. The van der Waals surface area contributed by atoms with E-state index in [-0.39, 0.29) is 0 Å². The molecule has 2 rings (SSSR count). The van der Waals surface area contributed by atoms with Gasteiger partial charge in [-0.2, -0.15) is 0 Å². The van der Waals surface area contributed by atoms with Gasteiger partial charge in [0.1, 0.15) is 5.82 Å². The third-order valence-corrected chi connectivity index (χ3v) is 2.50. The smallest absolute Gasteiger partial charge is 0.163 e. The second-order valence-electron chi connectivity index (χ2n) is 4.00. The van der Waals surface area contributed by atoms with E-state index in [1.165, 1.54) is 0 Å². The molecule has 0 fully saturated rings. The summed E-state index contributed by atoms with van der Waals surface area (Å²) in [5, 5.41) is 10.9. The van der Waals surface area contributed by atoms with Crippen LogP contribution in [0.5, 0.6) is 11.5 Å². The van der Waals surface area contributed by atoms with Crippen molar-refractivity contribution >= 4 is 17.3 Å². The monoisotopic (exact) mass is 274 g/mol. The summed E-state index contributed by atoms with van der Waals surface area (Å²) in [7, 11) is 0. The van der Waals surface area contributed by atoms with Crippen LogP contribution in [0.3, 0.4) is 0 Å². The number of rotatable bonds is 6. The quantitative estimate of drug-likeness (QED) is 0.842. The number of nitrogen functional groups attached to an aromatic ring is 1. The second kappa shape index (κ2) is 6.60. The van der Waals surface area contributed by atoms with Crippen LogP contribution in [0.25, 0.3) is 0 Å². The first-order valence-corrected chi connectivity index (χ1v) is 6.48. The molecule has 1 aromatic carbocycles. The maximum Gasteiger partial charge on any atom is 0.163 e. The number of hydrogen-bond acceptors (Lipinski definition) is 6. The molecule has 0 aliphatic carbocycles. The molecule has 0 aliphatic rings. The average molecular weight is 274 g/mol. The molecule has 6 heteroatoms. The highest BCUT2D eigenvalue weighted by Crippen LogP contribution is 2.31. The Balaban J connectivity index is 2.19. The van der Waals surface area contributed by atoms with E-state index in [0.29, 0.717) is 30.6 Å². The lowest BCUT2D eigenvalue weighted by molar-refractivity contribution is 0.288. The van der Waals surface area contributed by atoms with E-state index >= 15 is 0 Å². The molecule has 2 aromatic rings. The number of nitrogens with zero attached hydrogens (tertiary/aromatic N) is 2. The van der Waals surface area contributed by atoms with Gasteiger partial charge in [-0.1, -0.05) is 0 Å². The van der Waals surface area contributed by atoms with Gasteiger partial charge in [0.15, 0.2) is 17.3 Å². The van der Waals surface area contributed by atoms with Gasteiger partial charge in [-0.3, -0.25) is 0 Å². The third kappa shape index (κ3) is 3.50. The van der Waals surface area contributed by atoms with Crippen LogP contribution in [0.1, 0.15) is 13.8 Å². The molecule has 0 atom stereocenters. The van der Waals surface area contributed by atoms with Gasteiger partial charge >= 0.3 is 0 Å². The predicted molar refractivity (Wildman–Crippen MR) is 78.5 cm³/mol. The van der Waals surface area contributed by atoms with Crippen molar-refractivity contribution in [2.24, 2.45) is 0 Å². The van der Waals surface area contributed by atoms with Gasteiger partial charge in [-0.25, -0.2) is 0 Å². The van der Waals surface area contributed by atoms with Crippen molar-refractivity contribution in [2.45, 2.75) is 13.8 Å². The maximum atomic E-state index is 5.57. The highest BCUT2D eigenvalue weighted by molar-refractivity contribution is 5.61. The van der Waals surface area contributed by atoms with E-state index in [9.17, 15) is 0 Å². The Morgan fingerprint density at radius 3 is 2.40 bits per heavy atom. The number of nitrogens with two attached hydrogens (primary N) is 1. The molecule has 0 saturated carbocycles. The van der Waals surface area contributed by atoms with Crippen molar-refractivity contribution in [3.8, 4) is 11.5 Å². The topological polar surface area (TPSA) is 82.3 Å². The normalized spacial score (nSPS) is 10.1. The summed E-state index contributed by atoms with van der Waals surface area (Å²) >= 11 is 0. The Labute approximate surface area is 117 Å². The Hall–Kier alpha value is -2.50. The predicted octanol–water partition coefficient (Wildman–Crippen LogP) is 2.60. The SMILES string of the molecule is CCOc1ccc(Nc2ccc(N)nn2)cc1OCC. The summed E-state index contributed by atoms with van der Waals surface area (Å²) in [6.45, 7) is 5.04. The van der Waals surface area contributed by atoms with Crippen LogP contribution in [0.15, 0.2) is 30.3 Å². The molecule has 0 saturated heterocycles. The minimum atomic E-state index is 0.386. The second-order valence-corrected chi connectivity index (χ2v) is 4.00. The molecule has 20 heavy (non-hydrogen) atoms. The number of hydrogen-bond donors (Lipinski definition) is 2. The van der Waals surface area contributed by atoms with Crippen LogP contribution in [0.4, 0.5) is 17.3 Å². The first-order valence-electron chi connectivity index (χ1n) is 6.48. The Kier molecular flexibility index (Phi) is 4.60. The number of ether oxygens (including phenoxy) is 2. The molecule has 0 amide bonds. The zero-order valence-electron chi connectivity index (χ0n) is 11.6. The van der Waals surface area contributed by atoms with Gasteiger partial charge in [0.2, 0.25) is 0 Å². The lowest BCUT2D eigenvalue weighted by Crippen LogP contribution is -2.01. The minimum Gasteiger partial charge on any atom is -0.490 e. The Morgan fingerprint density at radius 1 is 1.00 bits per heavy atom. The molecule has 3 N–H and O–H groups in total. The summed E-state index contributed by atoms with van der Waals surface area (Å²) in [4.78, 5) is 0. The molecule has 106 valence electrons. The Bertz CT molecular complexity index is 558. The summed E-state index contributed by atoms with van der Waals surface area (Å²) in [6.07, 6.45) is 0. The number of anilines is 3. The fourth-order valence-corrected chi connectivity index (χ4v) is 1.69. The first kappa shape index (κ1) is 13.9. The average Bonchev–Trinajstić information content (AvgIpc) is 2.45. The van der Waals surface area contributed by atoms with Gasteiger partial charge in [-0.15, -0.1) is 10.2 Å². The fourth-order valence-electron chi connectivity index (χ4n) is 1.69. The van der Waals surface area contributed by atoms with E-state index in [0.717, 1.165) is 11.4 Å². The summed E-state index contributed by atoms with van der Waals surface area (Å²) in [5.74, 6) is 2.43. The molecule has 0 bridgehead atoms. The third-order valence-electron chi connectivity index (χ3n) is 2.50. The highest BCUT2D eigenvalue weighted by Gasteiger charge is 2.06. The first-order chi connectivity index (χ1) is 9.72. The van der Waals surface area contributed by atoms with Gasteiger partial charge < -0.3 is 20.5 Å². The van der Waals surface area contributed by atoms with E-state index in [4.69, 9.17) is 15.2 Å². The molecule has 6 nitrogen and oxygen atoms in total. The summed E-state index contributed by atoms with van der Waals surface area (Å²) < 4.78 is 11.1. The van der Waals surface area contributed by atoms with E-state index in [2.05, 4.69) is 15.5 Å². The van der Waals surface area contributed by atoms with Crippen LogP contribution in [0.2, 0.25) is 0 Å². The fraction of sp³-hybridized carbons (Fsp3) is 0.286. The van der Waals surface area contributed by atoms with E-state index in [1.807, 2.05) is 32.0 Å². The van der Waals surface area contributed by atoms with Gasteiger partial charge in [0, 0.05) is 11.8 Å². The van der Waals surface area contributed by atoms with Crippen LogP contribution >= 0.6 is 0 Å². The van der Waals surface area contributed by atoms with E-state index < -0.39 is 0 Å². The van der Waals surface area contributed by atoms with Crippen LogP contribution in [0, 0.1) is 0 Å². The molecular weight excluding hydrogens is 256 g/mol. The number of aromatic nitrogens is 2. The van der Waals surface area contributed by atoms with Crippen molar-refractivity contribution in [3.63, 3.8) is 0 Å². The van der Waals surface area contributed by atoms with Gasteiger partial charge in [0.05, 0.1) is 13.2 Å². The van der Waals surface area contributed by atoms with Crippen LogP contribution < -0.4 is 20.5 Å². The molecule has 0 aliphatic heterocycles. The number of benzene rings is 1. The molecule has 0 radical (unpaired) electrons. The van der Waals surface area contributed by atoms with Crippen molar-refractivity contribution in [3.05, 3.63) is 30.3 Å². The van der Waals surface area contributed by atoms with Crippen molar-refractivity contribution in [2.75, 3.05) is 24.3 Å². The van der Waals surface area contributed by atoms with Gasteiger partial charge in [0.25, 0.3) is 0 Å². The molecule has 0 spiro atoms. The van der Waals surface area contributed by atoms with Crippen molar-refractivity contribution in [1.82, 2.24) is 10.2 Å². The van der Waals surface area contributed by atoms with E-state index in [1.54, 1.807) is 12.1 Å².